The molecule has 1 aliphatic heterocycles. The molecule has 0 amide bonds. The maximum Gasteiger partial charge on any atom is 0.303 e. The maximum absolute atomic E-state index is 11.1. The van der Waals surface area contributed by atoms with Gasteiger partial charge in [-0.2, -0.15) is 11.8 Å². The van der Waals surface area contributed by atoms with Crippen LogP contribution in [0.4, 0.5) is 0 Å². The molecule has 0 N–H and O–H groups in total. The molecule has 0 aliphatic carbocycles. The molecule has 102 valence electrons. The van der Waals surface area contributed by atoms with Crippen molar-refractivity contribution >= 4 is 29.7 Å². The minimum atomic E-state index is -0.739. The molecular formula is C11H16O6S. The van der Waals surface area contributed by atoms with Crippen LogP contribution in [0.15, 0.2) is 0 Å². The monoisotopic (exact) mass is 276 g/mol. The molecule has 1 saturated heterocycles. The Bertz CT molecular complexity index is 318. The predicted molar refractivity (Wildman–Crippen MR) is 64.0 cm³/mol. The molecule has 3 atom stereocenters. The number of carbonyl (C=O) groups is 3. The van der Waals surface area contributed by atoms with Crippen LogP contribution in [0.3, 0.4) is 0 Å². The number of ether oxygens (including phenoxy) is 3. The standard InChI is InChI=1S/C11H16O6S/c1-6(12)15-9-4-18-5-10(16-7(2)13)11(9)17-8(3)14/h9-11H,4-5H2,1-3H3/t9-,10+,11?. The van der Waals surface area contributed by atoms with Crippen LogP contribution in [-0.4, -0.2) is 47.7 Å². The summed E-state index contributed by atoms with van der Waals surface area (Å²) in [4.78, 5) is 33.0. The highest BCUT2D eigenvalue weighted by Crippen LogP contribution is 2.26. The van der Waals surface area contributed by atoms with Crippen molar-refractivity contribution in [3.05, 3.63) is 0 Å². The molecule has 0 radical (unpaired) electrons. The van der Waals surface area contributed by atoms with E-state index < -0.39 is 36.2 Å². The van der Waals surface area contributed by atoms with Crippen molar-refractivity contribution in [1.29, 1.82) is 0 Å². The minimum Gasteiger partial charge on any atom is -0.458 e. The van der Waals surface area contributed by atoms with Gasteiger partial charge in [0.15, 0.2) is 18.3 Å². The minimum absolute atomic E-state index is 0.457. The van der Waals surface area contributed by atoms with Crippen molar-refractivity contribution < 1.29 is 28.6 Å². The van der Waals surface area contributed by atoms with E-state index in [0.717, 1.165) is 0 Å². The number of rotatable bonds is 3. The van der Waals surface area contributed by atoms with Gasteiger partial charge in [-0.05, 0) is 0 Å². The summed E-state index contributed by atoms with van der Waals surface area (Å²) in [6.07, 6.45) is -1.92. The van der Waals surface area contributed by atoms with Gasteiger partial charge in [-0.3, -0.25) is 14.4 Å². The third-order valence-corrected chi connectivity index (χ3v) is 3.36. The fourth-order valence-corrected chi connectivity index (χ4v) is 2.82. The average Bonchev–Trinajstić information content (AvgIpc) is 2.20. The number of esters is 3. The molecule has 6 nitrogen and oxygen atoms in total. The summed E-state index contributed by atoms with van der Waals surface area (Å²) in [5.74, 6) is -0.395. The normalized spacial score (nSPS) is 27.2. The second-order valence-electron chi connectivity index (χ2n) is 3.91. The lowest BCUT2D eigenvalue weighted by molar-refractivity contribution is -0.179. The molecule has 0 spiro atoms. The van der Waals surface area contributed by atoms with Gasteiger partial charge in [0, 0.05) is 32.3 Å². The molecule has 0 bridgehead atoms. The van der Waals surface area contributed by atoms with Crippen molar-refractivity contribution in [2.45, 2.75) is 39.1 Å². The van der Waals surface area contributed by atoms with Crippen LogP contribution >= 0.6 is 11.8 Å². The molecule has 7 heteroatoms. The topological polar surface area (TPSA) is 78.9 Å². The van der Waals surface area contributed by atoms with E-state index in [1.807, 2.05) is 0 Å². The summed E-state index contributed by atoms with van der Waals surface area (Å²) in [6.45, 7) is 3.83. The third kappa shape index (κ3) is 4.56. The van der Waals surface area contributed by atoms with E-state index >= 15 is 0 Å². The molecule has 0 aromatic carbocycles. The van der Waals surface area contributed by atoms with Gasteiger partial charge in [0.05, 0.1) is 0 Å². The predicted octanol–water partition coefficient (Wildman–Crippen LogP) is 0.528. The van der Waals surface area contributed by atoms with Crippen molar-refractivity contribution in [2.75, 3.05) is 11.5 Å². The maximum atomic E-state index is 11.1. The Hall–Kier alpha value is -1.24. The first kappa shape index (κ1) is 14.8. The summed E-state index contributed by atoms with van der Waals surface area (Å²) >= 11 is 1.48. The summed E-state index contributed by atoms with van der Waals surface area (Å²) in [7, 11) is 0. The first-order valence-electron chi connectivity index (χ1n) is 5.49. The van der Waals surface area contributed by atoms with Crippen molar-refractivity contribution in [3.8, 4) is 0 Å². The van der Waals surface area contributed by atoms with Crippen LogP contribution in [-0.2, 0) is 28.6 Å². The van der Waals surface area contributed by atoms with Crippen LogP contribution in [0.25, 0.3) is 0 Å². The van der Waals surface area contributed by atoms with E-state index in [1.54, 1.807) is 0 Å². The van der Waals surface area contributed by atoms with Crippen LogP contribution in [0.1, 0.15) is 20.8 Å². The molecule has 0 aromatic rings. The SMILES string of the molecule is CC(=O)OC1[C@@H](OC(C)=O)CSC[C@H]1OC(C)=O. The molecule has 1 rings (SSSR count). The van der Waals surface area contributed by atoms with E-state index in [9.17, 15) is 14.4 Å². The number of thioether (sulfide) groups is 1. The molecule has 1 aliphatic rings. The summed E-state index contributed by atoms with van der Waals surface area (Å²) in [5.41, 5.74) is 0. The lowest BCUT2D eigenvalue weighted by Gasteiger charge is -2.35. The zero-order valence-corrected chi connectivity index (χ0v) is 11.3. The van der Waals surface area contributed by atoms with Gasteiger partial charge in [0.25, 0.3) is 0 Å². The number of hydrogen-bond donors (Lipinski definition) is 0. The summed E-state index contributed by atoms with van der Waals surface area (Å²) in [6, 6.07) is 0. The van der Waals surface area contributed by atoms with Gasteiger partial charge in [-0.1, -0.05) is 0 Å². The molecule has 0 saturated carbocycles. The van der Waals surface area contributed by atoms with E-state index in [-0.39, 0.29) is 0 Å². The summed E-state index contributed by atoms with van der Waals surface area (Å²) < 4.78 is 15.3. The summed E-state index contributed by atoms with van der Waals surface area (Å²) in [5, 5.41) is 0. The van der Waals surface area contributed by atoms with Crippen molar-refractivity contribution in [1.82, 2.24) is 0 Å². The molecule has 1 fully saturated rings. The van der Waals surface area contributed by atoms with E-state index in [2.05, 4.69) is 0 Å². The van der Waals surface area contributed by atoms with Crippen LogP contribution < -0.4 is 0 Å². The zero-order valence-electron chi connectivity index (χ0n) is 10.5. The third-order valence-electron chi connectivity index (χ3n) is 2.23. The van der Waals surface area contributed by atoms with Gasteiger partial charge < -0.3 is 14.2 Å². The molecule has 0 aromatic heterocycles. The van der Waals surface area contributed by atoms with Gasteiger partial charge in [-0.15, -0.1) is 0 Å². The number of carbonyl (C=O) groups excluding carboxylic acids is 3. The molecule has 1 unspecified atom stereocenters. The van der Waals surface area contributed by atoms with Crippen LogP contribution in [0.2, 0.25) is 0 Å². The smallest absolute Gasteiger partial charge is 0.303 e. The molecule has 1 heterocycles. The Morgan fingerprint density at radius 1 is 0.833 bits per heavy atom. The van der Waals surface area contributed by atoms with Crippen molar-refractivity contribution in [3.63, 3.8) is 0 Å². The Balaban J connectivity index is 2.78. The van der Waals surface area contributed by atoms with E-state index in [0.29, 0.717) is 11.5 Å². The Labute approximate surface area is 109 Å². The van der Waals surface area contributed by atoms with Crippen LogP contribution in [0, 0.1) is 0 Å². The fourth-order valence-electron chi connectivity index (χ4n) is 1.70. The second kappa shape index (κ2) is 6.63. The quantitative estimate of drug-likeness (QED) is 0.549. The van der Waals surface area contributed by atoms with E-state index in [1.165, 1.54) is 32.5 Å². The Morgan fingerprint density at radius 3 is 1.56 bits per heavy atom. The highest BCUT2D eigenvalue weighted by Gasteiger charge is 2.40. The zero-order chi connectivity index (χ0) is 13.7. The first-order valence-corrected chi connectivity index (χ1v) is 6.65. The van der Waals surface area contributed by atoms with Gasteiger partial charge >= 0.3 is 17.9 Å². The average molecular weight is 276 g/mol. The fraction of sp³-hybridized carbons (Fsp3) is 0.727. The molecule has 18 heavy (non-hydrogen) atoms. The van der Waals surface area contributed by atoms with Gasteiger partial charge in [-0.25, -0.2) is 0 Å². The Kier molecular flexibility index (Phi) is 5.46. The van der Waals surface area contributed by atoms with Gasteiger partial charge in [0.1, 0.15) is 0 Å². The lowest BCUT2D eigenvalue weighted by atomic mass is 10.1. The highest BCUT2D eigenvalue weighted by molar-refractivity contribution is 7.99. The second-order valence-corrected chi connectivity index (χ2v) is 4.98. The highest BCUT2D eigenvalue weighted by atomic mass is 32.2. The van der Waals surface area contributed by atoms with Crippen LogP contribution in [0.5, 0.6) is 0 Å². The Morgan fingerprint density at radius 2 is 1.22 bits per heavy atom. The largest absolute Gasteiger partial charge is 0.458 e. The van der Waals surface area contributed by atoms with E-state index in [4.69, 9.17) is 14.2 Å². The molecular weight excluding hydrogens is 260 g/mol. The lowest BCUT2D eigenvalue weighted by Crippen LogP contribution is -2.50. The van der Waals surface area contributed by atoms with Gasteiger partial charge in [0.2, 0.25) is 0 Å². The van der Waals surface area contributed by atoms with Crippen molar-refractivity contribution in [2.24, 2.45) is 0 Å². The first-order chi connectivity index (χ1) is 8.40. The number of hydrogen-bond acceptors (Lipinski definition) is 7.